The summed E-state index contributed by atoms with van der Waals surface area (Å²) >= 11 is 0. The van der Waals surface area contributed by atoms with Gasteiger partial charge in [0, 0.05) is 12.0 Å². The summed E-state index contributed by atoms with van der Waals surface area (Å²) in [5.74, 6) is -0.798. The second-order valence-electron chi connectivity index (χ2n) is 3.64. The first-order chi connectivity index (χ1) is 7.59. The van der Waals surface area contributed by atoms with Crippen molar-refractivity contribution in [3.05, 3.63) is 35.4 Å². The van der Waals surface area contributed by atoms with Gasteiger partial charge in [-0.2, -0.15) is 0 Å². The van der Waals surface area contributed by atoms with E-state index in [1.165, 1.54) is 12.1 Å². The Hall–Kier alpha value is -1.45. The van der Waals surface area contributed by atoms with Gasteiger partial charge in [0.1, 0.15) is 0 Å². The van der Waals surface area contributed by atoms with Crippen LogP contribution < -0.4 is 0 Å². The van der Waals surface area contributed by atoms with E-state index in [1.807, 2.05) is 0 Å². The van der Waals surface area contributed by atoms with Crippen molar-refractivity contribution < 1.29 is 18.7 Å². The van der Waals surface area contributed by atoms with Gasteiger partial charge in [-0.1, -0.05) is 24.3 Å². The van der Waals surface area contributed by atoms with Crippen molar-refractivity contribution in [2.75, 3.05) is 0 Å². The standard InChI is InChI=1S/C12H14F2O2/c13-12(14)10-7-5-9(6-8-10)3-1-2-4-11(15)16/h5-8,12H,1-4H2,(H,15,16). The largest absolute Gasteiger partial charge is 0.481 e. The van der Waals surface area contributed by atoms with Crippen molar-refractivity contribution in [2.24, 2.45) is 0 Å². The van der Waals surface area contributed by atoms with Crippen LogP contribution in [0, 0.1) is 0 Å². The molecular formula is C12H14F2O2. The Morgan fingerprint density at radius 3 is 2.31 bits per heavy atom. The average molecular weight is 228 g/mol. The quantitative estimate of drug-likeness (QED) is 0.757. The Kier molecular flexibility index (Phi) is 4.89. The Morgan fingerprint density at radius 1 is 1.19 bits per heavy atom. The minimum absolute atomic E-state index is 0.0225. The van der Waals surface area contributed by atoms with Crippen LogP contribution >= 0.6 is 0 Å². The topological polar surface area (TPSA) is 37.3 Å². The summed E-state index contributed by atoms with van der Waals surface area (Å²) in [4.78, 5) is 10.2. The van der Waals surface area contributed by atoms with E-state index in [0.717, 1.165) is 18.4 Å². The lowest BCUT2D eigenvalue weighted by atomic mass is 10.1. The molecule has 0 fully saturated rings. The van der Waals surface area contributed by atoms with Gasteiger partial charge in [-0.25, -0.2) is 8.78 Å². The van der Waals surface area contributed by atoms with Crippen LogP contribution in [0.25, 0.3) is 0 Å². The predicted octanol–water partition coefficient (Wildman–Crippen LogP) is 3.42. The molecule has 2 nitrogen and oxygen atoms in total. The van der Waals surface area contributed by atoms with Crippen LogP contribution in [-0.2, 0) is 11.2 Å². The summed E-state index contributed by atoms with van der Waals surface area (Å²) in [6, 6.07) is 6.17. The van der Waals surface area contributed by atoms with E-state index in [-0.39, 0.29) is 12.0 Å². The van der Waals surface area contributed by atoms with Gasteiger partial charge in [-0.15, -0.1) is 0 Å². The molecule has 0 radical (unpaired) electrons. The van der Waals surface area contributed by atoms with Gasteiger partial charge in [0.15, 0.2) is 0 Å². The minimum atomic E-state index is -2.43. The second kappa shape index (κ2) is 6.20. The van der Waals surface area contributed by atoms with E-state index in [1.54, 1.807) is 12.1 Å². The fourth-order valence-corrected chi connectivity index (χ4v) is 1.44. The molecule has 0 spiro atoms. The first kappa shape index (κ1) is 12.6. The molecule has 0 aromatic heterocycles. The molecule has 16 heavy (non-hydrogen) atoms. The maximum atomic E-state index is 12.2. The molecule has 0 amide bonds. The van der Waals surface area contributed by atoms with Crippen LogP contribution in [0.15, 0.2) is 24.3 Å². The monoisotopic (exact) mass is 228 g/mol. The highest BCUT2D eigenvalue weighted by molar-refractivity contribution is 5.66. The highest BCUT2D eigenvalue weighted by Crippen LogP contribution is 2.19. The maximum Gasteiger partial charge on any atom is 0.303 e. The number of carbonyl (C=O) groups is 1. The lowest BCUT2D eigenvalue weighted by Gasteiger charge is -2.03. The SMILES string of the molecule is O=C(O)CCCCc1ccc(C(F)F)cc1. The van der Waals surface area contributed by atoms with Crippen molar-refractivity contribution in [1.29, 1.82) is 0 Å². The van der Waals surface area contributed by atoms with Crippen molar-refractivity contribution in [2.45, 2.75) is 32.1 Å². The zero-order valence-electron chi connectivity index (χ0n) is 8.83. The molecule has 1 N–H and O–H groups in total. The van der Waals surface area contributed by atoms with Crippen molar-refractivity contribution in [3.8, 4) is 0 Å². The molecule has 1 aromatic carbocycles. The number of aryl methyl sites for hydroxylation is 1. The van der Waals surface area contributed by atoms with Crippen LogP contribution in [-0.4, -0.2) is 11.1 Å². The third-order valence-electron chi connectivity index (χ3n) is 2.34. The molecule has 0 aliphatic heterocycles. The molecule has 0 unspecified atom stereocenters. The molecule has 0 heterocycles. The van der Waals surface area contributed by atoms with E-state index < -0.39 is 12.4 Å². The number of carboxylic acids is 1. The smallest absolute Gasteiger partial charge is 0.303 e. The van der Waals surface area contributed by atoms with Gasteiger partial charge < -0.3 is 5.11 Å². The normalized spacial score (nSPS) is 10.7. The van der Waals surface area contributed by atoms with E-state index in [4.69, 9.17) is 5.11 Å². The number of alkyl halides is 2. The second-order valence-corrected chi connectivity index (χ2v) is 3.64. The van der Waals surface area contributed by atoms with Crippen LogP contribution in [0.3, 0.4) is 0 Å². The minimum Gasteiger partial charge on any atom is -0.481 e. The number of carboxylic acid groups (broad SMARTS) is 1. The fraction of sp³-hybridized carbons (Fsp3) is 0.417. The van der Waals surface area contributed by atoms with Gasteiger partial charge in [0.05, 0.1) is 0 Å². The summed E-state index contributed by atoms with van der Waals surface area (Å²) in [7, 11) is 0. The van der Waals surface area contributed by atoms with Gasteiger partial charge in [-0.05, 0) is 24.8 Å². The van der Waals surface area contributed by atoms with E-state index in [9.17, 15) is 13.6 Å². The van der Waals surface area contributed by atoms with Gasteiger partial charge in [0.2, 0.25) is 0 Å². The molecular weight excluding hydrogens is 214 g/mol. The van der Waals surface area contributed by atoms with E-state index in [2.05, 4.69) is 0 Å². The third kappa shape index (κ3) is 4.38. The first-order valence-corrected chi connectivity index (χ1v) is 5.18. The average Bonchev–Trinajstić information content (AvgIpc) is 2.25. The summed E-state index contributed by atoms with van der Waals surface area (Å²) in [5.41, 5.74) is 0.990. The number of unbranched alkanes of at least 4 members (excludes halogenated alkanes) is 1. The van der Waals surface area contributed by atoms with Crippen molar-refractivity contribution in [1.82, 2.24) is 0 Å². The molecule has 0 saturated heterocycles. The van der Waals surface area contributed by atoms with Crippen molar-refractivity contribution in [3.63, 3.8) is 0 Å². The lowest BCUT2D eigenvalue weighted by Crippen LogP contribution is -1.95. The Balaban J connectivity index is 2.35. The number of hydrogen-bond donors (Lipinski definition) is 1. The highest BCUT2D eigenvalue weighted by atomic mass is 19.3. The molecule has 88 valence electrons. The zero-order chi connectivity index (χ0) is 12.0. The molecule has 0 aliphatic rings. The van der Waals surface area contributed by atoms with Crippen LogP contribution in [0.5, 0.6) is 0 Å². The van der Waals surface area contributed by atoms with Crippen LogP contribution in [0.2, 0.25) is 0 Å². The molecule has 4 heteroatoms. The molecule has 1 aromatic rings. The van der Waals surface area contributed by atoms with Crippen molar-refractivity contribution >= 4 is 5.97 Å². The number of aliphatic carboxylic acids is 1. The zero-order valence-corrected chi connectivity index (χ0v) is 8.83. The lowest BCUT2D eigenvalue weighted by molar-refractivity contribution is -0.137. The third-order valence-corrected chi connectivity index (χ3v) is 2.34. The number of halogens is 2. The highest BCUT2D eigenvalue weighted by Gasteiger charge is 2.05. The maximum absolute atomic E-state index is 12.2. The molecule has 0 aliphatic carbocycles. The Morgan fingerprint density at radius 2 is 1.81 bits per heavy atom. The summed E-state index contributed by atoms with van der Waals surface area (Å²) in [6.45, 7) is 0. The van der Waals surface area contributed by atoms with Gasteiger partial charge >= 0.3 is 5.97 Å². The molecule has 0 atom stereocenters. The summed E-state index contributed by atoms with van der Waals surface area (Å²) in [6.07, 6.45) is -0.154. The van der Waals surface area contributed by atoms with Gasteiger partial charge in [-0.3, -0.25) is 4.79 Å². The fourth-order valence-electron chi connectivity index (χ4n) is 1.44. The van der Waals surface area contributed by atoms with Crippen LogP contribution in [0.1, 0.15) is 36.8 Å². The van der Waals surface area contributed by atoms with E-state index >= 15 is 0 Å². The first-order valence-electron chi connectivity index (χ1n) is 5.18. The Bertz CT molecular complexity index is 333. The Labute approximate surface area is 92.9 Å². The summed E-state index contributed by atoms with van der Waals surface area (Å²) in [5, 5.41) is 8.42. The van der Waals surface area contributed by atoms with E-state index in [0.29, 0.717) is 6.42 Å². The number of hydrogen-bond acceptors (Lipinski definition) is 1. The molecule has 1 rings (SSSR count). The van der Waals surface area contributed by atoms with Gasteiger partial charge in [0.25, 0.3) is 6.43 Å². The number of rotatable bonds is 6. The molecule has 0 saturated carbocycles. The number of benzene rings is 1. The van der Waals surface area contributed by atoms with Crippen LogP contribution in [0.4, 0.5) is 8.78 Å². The predicted molar refractivity (Wildman–Crippen MR) is 56.6 cm³/mol. The molecule has 0 bridgehead atoms. The summed E-state index contributed by atoms with van der Waals surface area (Å²) < 4.78 is 24.5.